The maximum Gasteiger partial charge on any atom is 0.303 e. The Labute approximate surface area is 197 Å². The molecule has 0 amide bonds. The van der Waals surface area contributed by atoms with Crippen LogP contribution in [0.4, 0.5) is 11.7 Å². The fourth-order valence-corrected chi connectivity index (χ4v) is 4.72. The van der Waals surface area contributed by atoms with Gasteiger partial charge in [0.25, 0.3) is 6.01 Å². The summed E-state index contributed by atoms with van der Waals surface area (Å²) in [6, 6.07) is 18.4. The fourth-order valence-electron chi connectivity index (χ4n) is 4.72. The second kappa shape index (κ2) is 9.55. The average molecular weight is 458 g/mol. The van der Waals surface area contributed by atoms with Gasteiger partial charge in [-0.3, -0.25) is 9.78 Å². The number of rotatable bonds is 7. The number of fused-ring (bicyclic) bond motifs is 1. The molecule has 0 spiro atoms. The summed E-state index contributed by atoms with van der Waals surface area (Å²) in [5.74, 6) is 0.867. The molecule has 2 aromatic carbocycles. The van der Waals surface area contributed by atoms with Gasteiger partial charge in [-0.05, 0) is 67.3 Å². The van der Waals surface area contributed by atoms with Crippen molar-refractivity contribution in [2.24, 2.45) is 5.92 Å². The van der Waals surface area contributed by atoms with Crippen LogP contribution in [0.2, 0.25) is 0 Å². The molecule has 0 radical (unpaired) electrons. The highest BCUT2D eigenvalue weighted by Gasteiger charge is 2.24. The van der Waals surface area contributed by atoms with Gasteiger partial charge in [0, 0.05) is 18.1 Å². The molecule has 7 heteroatoms. The monoisotopic (exact) mass is 457 g/mol. The number of carbonyl (C=O) groups is 1. The highest BCUT2D eigenvalue weighted by Crippen LogP contribution is 2.37. The molecule has 1 aliphatic carbocycles. The first-order chi connectivity index (χ1) is 16.6. The van der Waals surface area contributed by atoms with Crippen molar-refractivity contribution in [3.05, 3.63) is 66.4 Å². The number of carboxylic acid groups (broad SMARTS) is 1. The second-order valence-corrected chi connectivity index (χ2v) is 8.85. The van der Waals surface area contributed by atoms with Crippen LogP contribution in [0.5, 0.6) is 5.75 Å². The van der Waals surface area contributed by atoms with Gasteiger partial charge in [0.2, 0.25) is 0 Å². The van der Waals surface area contributed by atoms with E-state index in [2.05, 4.69) is 39.6 Å². The summed E-state index contributed by atoms with van der Waals surface area (Å²) in [6.45, 7) is 0. The van der Waals surface area contributed by atoms with Crippen molar-refractivity contribution in [1.82, 2.24) is 9.97 Å². The number of benzene rings is 2. The van der Waals surface area contributed by atoms with E-state index in [0.29, 0.717) is 29.9 Å². The van der Waals surface area contributed by atoms with Gasteiger partial charge in [0.05, 0.1) is 24.7 Å². The lowest BCUT2D eigenvalue weighted by Gasteiger charge is -2.28. The van der Waals surface area contributed by atoms with Crippen LogP contribution in [-0.4, -0.2) is 28.2 Å². The molecule has 1 saturated carbocycles. The fraction of sp³-hybridized carbons (Fsp3) is 0.296. The number of aliphatic carboxylic acids is 1. The van der Waals surface area contributed by atoms with Gasteiger partial charge < -0.3 is 19.6 Å². The van der Waals surface area contributed by atoms with Crippen LogP contribution in [0.25, 0.3) is 22.4 Å². The summed E-state index contributed by atoms with van der Waals surface area (Å²) in [4.78, 5) is 20.0. The van der Waals surface area contributed by atoms with E-state index < -0.39 is 5.97 Å². The van der Waals surface area contributed by atoms with Crippen molar-refractivity contribution in [3.8, 4) is 17.0 Å². The van der Waals surface area contributed by atoms with Crippen LogP contribution in [0, 0.1) is 5.92 Å². The highest BCUT2D eigenvalue weighted by molar-refractivity contribution is 5.77. The molecule has 0 bridgehead atoms. The molecule has 2 aromatic heterocycles. The van der Waals surface area contributed by atoms with Crippen LogP contribution < -0.4 is 10.1 Å². The highest BCUT2D eigenvalue weighted by atomic mass is 16.5. The Kier molecular flexibility index (Phi) is 6.16. The molecule has 7 nitrogen and oxygen atoms in total. The molecule has 2 N–H and O–H groups in total. The molecule has 0 atom stereocenters. The van der Waals surface area contributed by atoms with Gasteiger partial charge in [0.1, 0.15) is 11.3 Å². The van der Waals surface area contributed by atoms with Gasteiger partial charge in [0.15, 0.2) is 5.58 Å². The molecule has 174 valence electrons. The number of carboxylic acids is 1. The second-order valence-electron chi connectivity index (χ2n) is 8.85. The number of pyridine rings is 1. The maximum atomic E-state index is 10.9. The van der Waals surface area contributed by atoms with Crippen LogP contribution in [0.3, 0.4) is 0 Å². The maximum absolute atomic E-state index is 10.9. The topological polar surface area (TPSA) is 97.5 Å². The predicted molar refractivity (Wildman–Crippen MR) is 130 cm³/mol. The third-order valence-electron chi connectivity index (χ3n) is 6.60. The van der Waals surface area contributed by atoms with E-state index in [1.807, 2.05) is 24.3 Å². The number of anilines is 2. The number of nitrogens with zero attached hydrogens (tertiary/aromatic N) is 2. The Morgan fingerprint density at radius 2 is 1.88 bits per heavy atom. The summed E-state index contributed by atoms with van der Waals surface area (Å²) in [5, 5.41) is 12.2. The van der Waals surface area contributed by atoms with E-state index in [9.17, 15) is 4.79 Å². The summed E-state index contributed by atoms with van der Waals surface area (Å²) in [7, 11) is 1.62. The molecular weight excluding hydrogens is 430 g/mol. The van der Waals surface area contributed by atoms with Crippen molar-refractivity contribution in [2.45, 2.75) is 38.0 Å². The Morgan fingerprint density at radius 1 is 1.09 bits per heavy atom. The SMILES string of the molecule is COc1ccc2nc(Nc3ccc(-c4ccc(C5CCC(CC(=O)O)CC5)cc4)nc3)oc2c1. The standard InChI is InChI=1S/C27H27N3O4/c1-33-22-11-13-24-25(15-22)34-27(30-24)29-21-10-12-23(28-16-21)20-8-6-19(7-9-20)18-4-2-17(3-5-18)14-26(31)32/h6-13,15-18H,2-5,14H2,1H3,(H,29,30)(H,31,32). The van der Waals surface area contributed by atoms with E-state index in [4.69, 9.17) is 14.3 Å². The zero-order valence-electron chi connectivity index (χ0n) is 19.0. The quantitative estimate of drug-likeness (QED) is 0.332. The molecule has 4 aromatic rings. The van der Waals surface area contributed by atoms with Gasteiger partial charge in [-0.25, -0.2) is 0 Å². The lowest BCUT2D eigenvalue weighted by molar-refractivity contribution is -0.138. The molecule has 1 fully saturated rings. The molecule has 34 heavy (non-hydrogen) atoms. The lowest BCUT2D eigenvalue weighted by atomic mass is 9.77. The Bertz CT molecular complexity index is 1270. The van der Waals surface area contributed by atoms with Gasteiger partial charge >= 0.3 is 5.97 Å². The minimum atomic E-state index is -0.684. The van der Waals surface area contributed by atoms with Crippen LogP contribution in [0.15, 0.2) is 65.2 Å². The van der Waals surface area contributed by atoms with E-state index in [1.54, 1.807) is 19.4 Å². The molecule has 2 heterocycles. The molecular formula is C27H27N3O4. The Hall–Kier alpha value is -3.87. The molecule has 5 rings (SSSR count). The summed E-state index contributed by atoms with van der Waals surface area (Å²) < 4.78 is 11.0. The minimum absolute atomic E-state index is 0.295. The zero-order chi connectivity index (χ0) is 23.5. The van der Waals surface area contributed by atoms with Crippen LogP contribution in [-0.2, 0) is 4.79 Å². The largest absolute Gasteiger partial charge is 0.497 e. The first-order valence-electron chi connectivity index (χ1n) is 11.6. The van der Waals surface area contributed by atoms with Crippen molar-refractivity contribution in [2.75, 3.05) is 12.4 Å². The van der Waals surface area contributed by atoms with E-state index in [0.717, 1.165) is 53.9 Å². The molecule has 0 unspecified atom stereocenters. The van der Waals surface area contributed by atoms with Crippen LogP contribution >= 0.6 is 0 Å². The Morgan fingerprint density at radius 3 is 2.56 bits per heavy atom. The van der Waals surface area contributed by atoms with Crippen LogP contribution in [0.1, 0.15) is 43.6 Å². The smallest absolute Gasteiger partial charge is 0.303 e. The van der Waals surface area contributed by atoms with Crippen molar-refractivity contribution in [1.29, 1.82) is 0 Å². The number of oxazole rings is 1. The van der Waals surface area contributed by atoms with Crippen molar-refractivity contribution in [3.63, 3.8) is 0 Å². The first kappa shape index (κ1) is 21.9. The first-order valence-corrected chi connectivity index (χ1v) is 11.6. The van der Waals surface area contributed by atoms with Crippen molar-refractivity contribution >= 4 is 28.8 Å². The summed E-state index contributed by atoms with van der Waals surface area (Å²) in [5.41, 5.74) is 5.47. The zero-order valence-corrected chi connectivity index (χ0v) is 19.0. The number of aromatic nitrogens is 2. The molecule has 1 aliphatic rings. The van der Waals surface area contributed by atoms with E-state index in [1.165, 1.54) is 5.56 Å². The Balaban J connectivity index is 1.22. The predicted octanol–water partition coefficient (Wildman–Crippen LogP) is 6.39. The molecule has 0 aliphatic heterocycles. The normalized spacial score (nSPS) is 18.0. The van der Waals surface area contributed by atoms with Gasteiger partial charge in [-0.2, -0.15) is 4.98 Å². The number of nitrogens with one attached hydrogen (secondary N) is 1. The minimum Gasteiger partial charge on any atom is -0.497 e. The average Bonchev–Trinajstić information content (AvgIpc) is 3.26. The number of ether oxygens (including phenoxy) is 1. The summed E-state index contributed by atoms with van der Waals surface area (Å²) in [6.07, 6.45) is 6.15. The number of hydrogen-bond donors (Lipinski definition) is 2. The van der Waals surface area contributed by atoms with Gasteiger partial charge in [-0.15, -0.1) is 0 Å². The third-order valence-corrected chi connectivity index (χ3v) is 6.60. The number of hydrogen-bond acceptors (Lipinski definition) is 6. The molecule has 0 saturated heterocycles. The third kappa shape index (κ3) is 4.88. The number of methoxy groups -OCH3 is 1. The van der Waals surface area contributed by atoms with Gasteiger partial charge in [-0.1, -0.05) is 24.3 Å². The summed E-state index contributed by atoms with van der Waals surface area (Å²) >= 11 is 0. The lowest BCUT2D eigenvalue weighted by Crippen LogP contribution is -2.16. The van der Waals surface area contributed by atoms with E-state index >= 15 is 0 Å². The van der Waals surface area contributed by atoms with Crippen molar-refractivity contribution < 1.29 is 19.1 Å². The van der Waals surface area contributed by atoms with E-state index in [-0.39, 0.29) is 0 Å².